The maximum Gasteiger partial charge on any atom is 0.315 e. The van der Waals surface area contributed by atoms with Gasteiger partial charge in [-0.3, -0.25) is 24.7 Å². The van der Waals surface area contributed by atoms with Gasteiger partial charge in [-0.05, 0) is 25.8 Å². The average Bonchev–Trinajstić information content (AvgIpc) is 3.13. The topological polar surface area (TPSA) is 117 Å². The predicted octanol–water partition coefficient (Wildman–Crippen LogP) is 2.68. The Bertz CT molecular complexity index is 963. The SMILES string of the molecule is COC(=O)C1C(C)=NC2=C(C(=O)CCC2)[C@H]1c1cc2c(cc1[N+](=O)[O-])OCO2. The first-order valence-corrected chi connectivity index (χ1v) is 8.89. The minimum atomic E-state index is -0.926. The molecule has 0 spiro atoms. The van der Waals surface area contributed by atoms with Gasteiger partial charge in [0, 0.05) is 34.9 Å². The Morgan fingerprint density at radius 2 is 2.00 bits per heavy atom. The van der Waals surface area contributed by atoms with E-state index in [1.54, 1.807) is 6.92 Å². The fourth-order valence-electron chi connectivity index (χ4n) is 4.13. The van der Waals surface area contributed by atoms with Gasteiger partial charge in [-0.2, -0.15) is 0 Å². The fourth-order valence-corrected chi connectivity index (χ4v) is 4.13. The smallest absolute Gasteiger partial charge is 0.315 e. The molecule has 0 bridgehead atoms. The third kappa shape index (κ3) is 2.74. The van der Waals surface area contributed by atoms with Crippen molar-refractivity contribution >= 4 is 23.2 Å². The number of carbonyl (C=O) groups excluding carboxylic acids is 2. The first-order valence-electron chi connectivity index (χ1n) is 8.89. The van der Waals surface area contributed by atoms with Crippen molar-refractivity contribution in [3.8, 4) is 11.5 Å². The highest BCUT2D eigenvalue weighted by atomic mass is 16.7. The number of esters is 1. The highest BCUT2D eigenvalue weighted by Gasteiger charge is 2.46. The molecule has 2 heterocycles. The molecule has 3 aliphatic rings. The summed E-state index contributed by atoms with van der Waals surface area (Å²) >= 11 is 0. The van der Waals surface area contributed by atoms with Crippen molar-refractivity contribution in [1.82, 2.24) is 0 Å². The second-order valence-electron chi connectivity index (χ2n) is 6.89. The summed E-state index contributed by atoms with van der Waals surface area (Å²) in [6.45, 7) is 1.63. The van der Waals surface area contributed by atoms with Gasteiger partial charge in [-0.15, -0.1) is 0 Å². The molecule has 0 fully saturated rings. The Hall–Kier alpha value is -3.23. The lowest BCUT2D eigenvalue weighted by Crippen LogP contribution is -2.37. The summed E-state index contributed by atoms with van der Waals surface area (Å²) in [6, 6.07) is 2.77. The maximum atomic E-state index is 12.8. The van der Waals surface area contributed by atoms with E-state index in [1.807, 2.05) is 0 Å². The number of fused-ring (bicyclic) bond motifs is 1. The van der Waals surface area contributed by atoms with Crippen LogP contribution in [-0.4, -0.2) is 36.3 Å². The van der Waals surface area contributed by atoms with Crippen molar-refractivity contribution in [3.63, 3.8) is 0 Å². The van der Waals surface area contributed by atoms with Gasteiger partial charge in [0.15, 0.2) is 17.3 Å². The number of carbonyl (C=O) groups is 2. The number of rotatable bonds is 3. The molecule has 1 aromatic carbocycles. The number of ketones is 1. The summed E-state index contributed by atoms with van der Waals surface area (Å²) < 4.78 is 15.6. The number of Topliss-reactive ketones (excluding diaryl/α,β-unsaturated/α-hetero) is 1. The quantitative estimate of drug-likeness (QED) is 0.445. The molecule has 0 saturated heterocycles. The normalized spacial score (nSPS) is 23.2. The van der Waals surface area contributed by atoms with Gasteiger partial charge < -0.3 is 14.2 Å². The molecule has 2 atom stereocenters. The van der Waals surface area contributed by atoms with Crippen molar-refractivity contribution in [2.45, 2.75) is 32.1 Å². The van der Waals surface area contributed by atoms with Gasteiger partial charge in [-0.1, -0.05) is 0 Å². The second-order valence-corrected chi connectivity index (χ2v) is 6.89. The number of hydrogen-bond donors (Lipinski definition) is 0. The van der Waals surface area contributed by atoms with Crippen molar-refractivity contribution in [1.29, 1.82) is 0 Å². The van der Waals surface area contributed by atoms with Gasteiger partial charge in [0.25, 0.3) is 5.69 Å². The number of aliphatic imine (C=N–C) groups is 1. The minimum Gasteiger partial charge on any atom is -0.468 e. The number of nitrogens with zero attached hydrogens (tertiary/aromatic N) is 2. The number of hydrogen-bond acceptors (Lipinski definition) is 8. The van der Waals surface area contributed by atoms with E-state index in [9.17, 15) is 19.7 Å². The standard InChI is InChI=1S/C19H18N2O7/c1-9-16(19(23)26-2)17(18-11(20-9)4-3-5-13(18)22)10-6-14-15(28-8-27-14)7-12(10)21(24)25/h6-7,16-17H,3-5,8H2,1-2H3/t16?,17-/m0/s1. The number of ether oxygens (including phenoxy) is 3. The van der Waals surface area contributed by atoms with E-state index in [-0.39, 0.29) is 29.6 Å². The monoisotopic (exact) mass is 386 g/mol. The predicted molar refractivity (Wildman–Crippen MR) is 96.5 cm³/mol. The van der Waals surface area contributed by atoms with Gasteiger partial charge >= 0.3 is 5.97 Å². The van der Waals surface area contributed by atoms with Crippen LogP contribution < -0.4 is 9.47 Å². The Balaban J connectivity index is 1.98. The summed E-state index contributed by atoms with van der Waals surface area (Å²) in [7, 11) is 1.24. The van der Waals surface area contributed by atoms with Crippen LogP contribution in [0.1, 0.15) is 37.7 Å². The molecule has 1 aromatic rings. The zero-order chi connectivity index (χ0) is 20.0. The van der Waals surface area contributed by atoms with E-state index in [0.29, 0.717) is 42.0 Å². The molecule has 0 aromatic heterocycles. The number of benzene rings is 1. The molecule has 146 valence electrons. The van der Waals surface area contributed by atoms with Crippen molar-refractivity contribution in [2.24, 2.45) is 10.9 Å². The summed E-state index contributed by atoms with van der Waals surface area (Å²) in [5.41, 5.74) is 1.40. The summed E-state index contributed by atoms with van der Waals surface area (Å²) in [5, 5.41) is 11.8. The molecular weight excluding hydrogens is 368 g/mol. The minimum absolute atomic E-state index is 0.0472. The molecule has 0 amide bonds. The largest absolute Gasteiger partial charge is 0.468 e. The first-order chi connectivity index (χ1) is 13.4. The fraction of sp³-hybridized carbons (Fsp3) is 0.421. The van der Waals surface area contributed by atoms with E-state index in [2.05, 4.69) is 4.99 Å². The van der Waals surface area contributed by atoms with Gasteiger partial charge in [-0.25, -0.2) is 0 Å². The van der Waals surface area contributed by atoms with Crippen LogP contribution in [0, 0.1) is 16.0 Å². The lowest BCUT2D eigenvalue weighted by Gasteiger charge is -2.34. The van der Waals surface area contributed by atoms with Gasteiger partial charge in [0.05, 0.1) is 18.1 Å². The second kappa shape index (κ2) is 6.74. The molecular formula is C19H18N2O7. The van der Waals surface area contributed by atoms with Crippen LogP contribution in [0.4, 0.5) is 5.69 Å². The van der Waals surface area contributed by atoms with Crippen LogP contribution in [0.25, 0.3) is 0 Å². The van der Waals surface area contributed by atoms with Crippen LogP contribution >= 0.6 is 0 Å². The zero-order valence-electron chi connectivity index (χ0n) is 15.4. The van der Waals surface area contributed by atoms with E-state index in [0.717, 1.165) is 0 Å². The van der Waals surface area contributed by atoms with E-state index >= 15 is 0 Å². The van der Waals surface area contributed by atoms with Crippen LogP contribution in [-0.2, 0) is 14.3 Å². The van der Waals surface area contributed by atoms with Crippen molar-refractivity contribution < 1.29 is 28.7 Å². The van der Waals surface area contributed by atoms with E-state index in [1.165, 1.54) is 19.2 Å². The molecule has 28 heavy (non-hydrogen) atoms. The summed E-state index contributed by atoms with van der Waals surface area (Å²) in [5.74, 6) is -1.93. The lowest BCUT2D eigenvalue weighted by atomic mass is 9.71. The Kier molecular flexibility index (Phi) is 4.37. The molecule has 0 radical (unpaired) electrons. The van der Waals surface area contributed by atoms with Gasteiger partial charge in [0.1, 0.15) is 5.92 Å². The lowest BCUT2D eigenvalue weighted by molar-refractivity contribution is -0.385. The molecule has 1 unspecified atom stereocenters. The summed E-state index contributed by atoms with van der Waals surface area (Å²) in [4.78, 5) is 41.1. The Labute approximate surface area is 160 Å². The van der Waals surface area contributed by atoms with E-state index < -0.39 is 22.7 Å². The van der Waals surface area contributed by atoms with Crippen LogP contribution in [0.5, 0.6) is 11.5 Å². The number of methoxy groups -OCH3 is 1. The Morgan fingerprint density at radius 1 is 1.29 bits per heavy atom. The first kappa shape index (κ1) is 18.1. The van der Waals surface area contributed by atoms with Crippen LogP contribution in [0.15, 0.2) is 28.4 Å². The highest BCUT2D eigenvalue weighted by molar-refractivity contribution is 6.09. The highest BCUT2D eigenvalue weighted by Crippen LogP contribution is 2.49. The maximum absolute atomic E-state index is 12.8. The van der Waals surface area contributed by atoms with Crippen LogP contribution in [0.3, 0.4) is 0 Å². The van der Waals surface area contributed by atoms with Gasteiger partial charge in [0.2, 0.25) is 6.79 Å². The molecule has 4 rings (SSSR count). The van der Waals surface area contributed by atoms with Crippen LogP contribution in [0.2, 0.25) is 0 Å². The third-order valence-corrected chi connectivity index (χ3v) is 5.34. The third-order valence-electron chi connectivity index (χ3n) is 5.34. The number of nitro groups is 1. The van der Waals surface area contributed by atoms with E-state index in [4.69, 9.17) is 14.2 Å². The number of nitro benzene ring substituents is 1. The molecule has 2 aliphatic heterocycles. The number of allylic oxidation sites excluding steroid dienone is 2. The Morgan fingerprint density at radius 3 is 2.68 bits per heavy atom. The zero-order valence-corrected chi connectivity index (χ0v) is 15.4. The van der Waals surface area contributed by atoms with Crippen molar-refractivity contribution in [3.05, 3.63) is 39.1 Å². The molecule has 1 aliphatic carbocycles. The molecule has 9 nitrogen and oxygen atoms in total. The summed E-state index contributed by atoms with van der Waals surface area (Å²) in [6.07, 6.45) is 1.56. The van der Waals surface area contributed by atoms with Crippen molar-refractivity contribution in [2.75, 3.05) is 13.9 Å². The molecule has 0 N–H and O–H groups in total. The average molecular weight is 386 g/mol. The molecule has 9 heteroatoms. The molecule has 0 saturated carbocycles.